The van der Waals surface area contributed by atoms with E-state index in [1.54, 1.807) is 12.1 Å². The third kappa shape index (κ3) is 2.76. The number of pyridine rings is 1. The summed E-state index contributed by atoms with van der Waals surface area (Å²) in [7, 11) is 0. The maximum absolute atomic E-state index is 12.0. The van der Waals surface area contributed by atoms with E-state index in [9.17, 15) is 4.79 Å². The minimum absolute atomic E-state index is 0.0902. The molecule has 0 saturated heterocycles. The Bertz CT molecular complexity index is 583. The number of nitrogens with zero attached hydrogens (tertiary/aromatic N) is 1. The molecule has 3 nitrogen and oxygen atoms in total. The van der Waals surface area contributed by atoms with Crippen LogP contribution in [0, 0.1) is 0 Å². The van der Waals surface area contributed by atoms with E-state index >= 15 is 0 Å². The lowest BCUT2D eigenvalue weighted by Crippen LogP contribution is -2.26. The van der Waals surface area contributed by atoms with Gasteiger partial charge in [-0.1, -0.05) is 41.9 Å². The van der Waals surface area contributed by atoms with Crippen LogP contribution in [-0.2, 0) is 0 Å². The molecular formula is C15H13ClN2O. The second-order valence-electron chi connectivity index (χ2n) is 4.70. The first-order valence-electron chi connectivity index (χ1n) is 6.21. The van der Waals surface area contributed by atoms with E-state index in [2.05, 4.69) is 22.4 Å². The van der Waals surface area contributed by atoms with Crippen LogP contribution in [0.4, 0.5) is 0 Å². The highest BCUT2D eigenvalue weighted by Gasteiger charge is 2.39. The van der Waals surface area contributed by atoms with Gasteiger partial charge in [0.15, 0.2) is 0 Å². The molecule has 1 aromatic heterocycles. The normalized spacial score (nSPS) is 20.9. The molecule has 1 saturated carbocycles. The molecule has 0 bridgehead atoms. The summed E-state index contributed by atoms with van der Waals surface area (Å²) in [4.78, 5) is 15.9. The average Bonchev–Trinajstić information content (AvgIpc) is 3.20. The SMILES string of the molecule is O=C(NC1CC1c1ccccc1)c1ccc(Cl)nc1. The van der Waals surface area contributed by atoms with Crippen LogP contribution in [0.5, 0.6) is 0 Å². The van der Waals surface area contributed by atoms with E-state index in [0.29, 0.717) is 16.6 Å². The van der Waals surface area contributed by atoms with Crippen LogP contribution in [0.2, 0.25) is 5.15 Å². The summed E-state index contributed by atoms with van der Waals surface area (Å²) in [6, 6.07) is 13.8. The van der Waals surface area contributed by atoms with Gasteiger partial charge in [0.1, 0.15) is 5.15 Å². The first kappa shape index (κ1) is 12.2. The number of rotatable bonds is 3. The Labute approximate surface area is 116 Å². The van der Waals surface area contributed by atoms with Gasteiger partial charge in [0.2, 0.25) is 0 Å². The number of hydrogen-bond donors (Lipinski definition) is 1. The molecule has 2 aromatic rings. The smallest absolute Gasteiger partial charge is 0.253 e. The Morgan fingerprint density at radius 3 is 2.68 bits per heavy atom. The van der Waals surface area contributed by atoms with Crippen LogP contribution in [-0.4, -0.2) is 16.9 Å². The Kier molecular flexibility index (Phi) is 3.22. The predicted molar refractivity (Wildman–Crippen MR) is 74.3 cm³/mol. The molecule has 1 aromatic carbocycles. The third-order valence-electron chi connectivity index (χ3n) is 3.32. The first-order chi connectivity index (χ1) is 9.24. The van der Waals surface area contributed by atoms with Crippen molar-refractivity contribution in [1.82, 2.24) is 10.3 Å². The maximum Gasteiger partial charge on any atom is 0.253 e. The van der Waals surface area contributed by atoms with Crippen LogP contribution in [0.25, 0.3) is 0 Å². The number of nitrogens with one attached hydrogen (secondary N) is 1. The number of hydrogen-bond acceptors (Lipinski definition) is 2. The van der Waals surface area contributed by atoms with Crippen molar-refractivity contribution in [2.24, 2.45) is 0 Å². The summed E-state index contributed by atoms with van der Waals surface area (Å²) in [5, 5.41) is 3.41. The molecule has 4 heteroatoms. The molecule has 19 heavy (non-hydrogen) atoms. The molecule has 1 fully saturated rings. The van der Waals surface area contributed by atoms with Crippen molar-refractivity contribution in [2.45, 2.75) is 18.4 Å². The van der Waals surface area contributed by atoms with Crippen molar-refractivity contribution >= 4 is 17.5 Å². The number of benzene rings is 1. The quantitative estimate of drug-likeness (QED) is 0.873. The van der Waals surface area contributed by atoms with Crippen molar-refractivity contribution in [3.63, 3.8) is 0 Å². The van der Waals surface area contributed by atoms with Gasteiger partial charge >= 0.3 is 0 Å². The highest BCUT2D eigenvalue weighted by Crippen LogP contribution is 2.40. The Hall–Kier alpha value is -1.87. The number of carbonyl (C=O) groups excluding carboxylic acids is 1. The van der Waals surface area contributed by atoms with Gasteiger partial charge in [0.25, 0.3) is 5.91 Å². The summed E-state index contributed by atoms with van der Waals surface area (Å²) >= 11 is 5.69. The molecular weight excluding hydrogens is 260 g/mol. The van der Waals surface area contributed by atoms with Crippen LogP contribution in [0.1, 0.15) is 28.3 Å². The van der Waals surface area contributed by atoms with Gasteiger partial charge in [-0.3, -0.25) is 4.79 Å². The van der Waals surface area contributed by atoms with Crippen molar-refractivity contribution in [3.05, 3.63) is 64.9 Å². The lowest BCUT2D eigenvalue weighted by molar-refractivity contribution is 0.0950. The Morgan fingerprint density at radius 1 is 1.21 bits per heavy atom. The minimum Gasteiger partial charge on any atom is -0.349 e. The zero-order valence-corrected chi connectivity index (χ0v) is 11.0. The van der Waals surface area contributed by atoms with Gasteiger partial charge in [0.05, 0.1) is 5.56 Å². The molecule has 96 valence electrons. The molecule has 1 amide bonds. The van der Waals surface area contributed by atoms with E-state index < -0.39 is 0 Å². The summed E-state index contributed by atoms with van der Waals surface area (Å²) in [5.74, 6) is 0.345. The fourth-order valence-corrected chi connectivity index (χ4v) is 2.30. The fourth-order valence-electron chi connectivity index (χ4n) is 2.19. The number of carbonyl (C=O) groups is 1. The monoisotopic (exact) mass is 272 g/mol. The zero-order valence-electron chi connectivity index (χ0n) is 10.2. The van der Waals surface area contributed by atoms with Crippen LogP contribution in [0.15, 0.2) is 48.7 Å². The van der Waals surface area contributed by atoms with Crippen LogP contribution >= 0.6 is 11.6 Å². The number of halogens is 1. The Balaban J connectivity index is 1.62. The zero-order chi connectivity index (χ0) is 13.2. The molecule has 1 heterocycles. The highest BCUT2D eigenvalue weighted by molar-refractivity contribution is 6.29. The van der Waals surface area contributed by atoms with E-state index in [1.165, 1.54) is 11.8 Å². The predicted octanol–water partition coefficient (Wildman–Crippen LogP) is 3.02. The van der Waals surface area contributed by atoms with Gasteiger partial charge < -0.3 is 5.32 Å². The van der Waals surface area contributed by atoms with Gasteiger partial charge in [-0.2, -0.15) is 0 Å². The van der Waals surface area contributed by atoms with Crippen molar-refractivity contribution in [1.29, 1.82) is 0 Å². The van der Waals surface area contributed by atoms with Gasteiger partial charge in [-0.05, 0) is 24.1 Å². The summed E-state index contributed by atoms with van der Waals surface area (Å²) in [6.07, 6.45) is 2.49. The largest absolute Gasteiger partial charge is 0.349 e. The summed E-state index contributed by atoms with van der Waals surface area (Å²) in [6.45, 7) is 0. The molecule has 1 aliphatic carbocycles. The van der Waals surface area contributed by atoms with E-state index in [-0.39, 0.29) is 11.9 Å². The second kappa shape index (κ2) is 5.02. The first-order valence-corrected chi connectivity index (χ1v) is 6.59. The maximum atomic E-state index is 12.0. The van der Waals surface area contributed by atoms with Crippen LogP contribution < -0.4 is 5.32 Å². The average molecular weight is 273 g/mol. The third-order valence-corrected chi connectivity index (χ3v) is 3.55. The molecule has 2 unspecified atom stereocenters. The van der Waals surface area contributed by atoms with Gasteiger partial charge in [-0.15, -0.1) is 0 Å². The topological polar surface area (TPSA) is 42.0 Å². The summed E-state index contributed by atoms with van der Waals surface area (Å²) < 4.78 is 0. The molecule has 1 N–H and O–H groups in total. The van der Waals surface area contributed by atoms with Crippen molar-refractivity contribution in [3.8, 4) is 0 Å². The van der Waals surface area contributed by atoms with Crippen molar-refractivity contribution in [2.75, 3.05) is 0 Å². The van der Waals surface area contributed by atoms with E-state index in [0.717, 1.165) is 6.42 Å². The molecule has 3 rings (SSSR count). The summed E-state index contributed by atoms with van der Waals surface area (Å²) in [5.41, 5.74) is 1.82. The highest BCUT2D eigenvalue weighted by atomic mass is 35.5. The lowest BCUT2D eigenvalue weighted by Gasteiger charge is -2.04. The fraction of sp³-hybridized carbons (Fsp3) is 0.200. The van der Waals surface area contributed by atoms with Crippen molar-refractivity contribution < 1.29 is 4.79 Å². The van der Waals surface area contributed by atoms with Gasteiger partial charge in [-0.25, -0.2) is 4.98 Å². The minimum atomic E-state index is -0.0902. The molecule has 1 aliphatic rings. The number of aromatic nitrogens is 1. The van der Waals surface area contributed by atoms with Crippen LogP contribution in [0.3, 0.4) is 0 Å². The van der Waals surface area contributed by atoms with Gasteiger partial charge in [0, 0.05) is 18.2 Å². The lowest BCUT2D eigenvalue weighted by atomic mass is 10.1. The van der Waals surface area contributed by atoms with E-state index in [4.69, 9.17) is 11.6 Å². The molecule has 0 radical (unpaired) electrons. The number of amides is 1. The Morgan fingerprint density at radius 2 is 2.00 bits per heavy atom. The molecule has 2 atom stereocenters. The second-order valence-corrected chi connectivity index (χ2v) is 5.09. The molecule has 0 spiro atoms. The molecule has 0 aliphatic heterocycles. The van der Waals surface area contributed by atoms with E-state index in [1.807, 2.05) is 18.2 Å². The standard InChI is InChI=1S/C15H13ClN2O/c16-14-7-6-11(9-17-14)15(19)18-13-8-12(13)10-4-2-1-3-5-10/h1-7,9,12-13H,8H2,(H,18,19).